The molecule has 5 heteroatoms. The molecule has 1 aromatic carbocycles. The Morgan fingerprint density at radius 3 is 2.94 bits per heavy atom. The number of aliphatic hydroxyl groups is 1. The summed E-state index contributed by atoms with van der Waals surface area (Å²) in [6, 6.07) is 4.10. The summed E-state index contributed by atoms with van der Waals surface area (Å²) in [6.07, 6.45) is 1.56. The van der Waals surface area contributed by atoms with Crippen molar-refractivity contribution in [1.82, 2.24) is 4.90 Å². The zero-order valence-electron chi connectivity index (χ0n) is 10.3. The summed E-state index contributed by atoms with van der Waals surface area (Å²) in [7, 11) is 0. The predicted octanol–water partition coefficient (Wildman–Crippen LogP) is 2.15. The number of benzene rings is 1. The number of anilines is 1. The molecule has 1 rings (SSSR count). The lowest BCUT2D eigenvalue weighted by molar-refractivity contribution is 0.195. The highest BCUT2D eigenvalue weighted by atomic mass is 19.1. The Labute approximate surface area is 106 Å². The van der Waals surface area contributed by atoms with E-state index in [9.17, 15) is 9.18 Å². The number of halogens is 1. The lowest BCUT2D eigenvalue weighted by Crippen LogP contribution is -2.37. The predicted molar refractivity (Wildman–Crippen MR) is 69.0 cm³/mol. The van der Waals surface area contributed by atoms with E-state index in [0.29, 0.717) is 17.8 Å². The summed E-state index contributed by atoms with van der Waals surface area (Å²) < 4.78 is 13.3. The number of aliphatic hydroxyl groups excluding tert-OH is 1. The summed E-state index contributed by atoms with van der Waals surface area (Å²) in [6.45, 7) is 5.52. The van der Waals surface area contributed by atoms with Gasteiger partial charge in [-0.05, 0) is 19.1 Å². The van der Waals surface area contributed by atoms with Gasteiger partial charge in [0.05, 0.1) is 6.61 Å². The standard InChI is InChI=1S/C13H17FN2O2/c1-3-7-16(8-9-17)13(18)15-12-6-4-5-11(14)10(12)2/h3-6,17H,1,7-9H2,2H3,(H,15,18). The van der Waals surface area contributed by atoms with Crippen LogP contribution in [0.25, 0.3) is 0 Å². The molecule has 0 saturated heterocycles. The molecule has 2 amide bonds. The molecule has 0 bridgehead atoms. The van der Waals surface area contributed by atoms with E-state index >= 15 is 0 Å². The monoisotopic (exact) mass is 252 g/mol. The third kappa shape index (κ3) is 3.56. The van der Waals surface area contributed by atoms with Crippen LogP contribution in [0.5, 0.6) is 0 Å². The van der Waals surface area contributed by atoms with Gasteiger partial charge in [-0.1, -0.05) is 12.1 Å². The molecule has 0 saturated carbocycles. The first-order valence-electron chi connectivity index (χ1n) is 5.63. The maximum atomic E-state index is 13.3. The molecule has 98 valence electrons. The summed E-state index contributed by atoms with van der Waals surface area (Å²) in [5.41, 5.74) is 0.806. The lowest BCUT2D eigenvalue weighted by Gasteiger charge is -2.21. The van der Waals surface area contributed by atoms with Crippen molar-refractivity contribution in [2.75, 3.05) is 25.0 Å². The summed E-state index contributed by atoms with van der Waals surface area (Å²) in [5.74, 6) is -0.370. The highest BCUT2D eigenvalue weighted by Gasteiger charge is 2.13. The van der Waals surface area contributed by atoms with Gasteiger partial charge >= 0.3 is 6.03 Å². The lowest BCUT2D eigenvalue weighted by atomic mass is 10.2. The van der Waals surface area contributed by atoms with Crippen LogP contribution in [0.3, 0.4) is 0 Å². The van der Waals surface area contributed by atoms with Gasteiger partial charge in [0, 0.05) is 24.3 Å². The molecule has 0 unspecified atom stereocenters. The molecule has 2 N–H and O–H groups in total. The molecular weight excluding hydrogens is 235 g/mol. The number of urea groups is 1. The third-order valence-corrected chi connectivity index (χ3v) is 2.52. The molecule has 0 aliphatic heterocycles. The first-order chi connectivity index (χ1) is 8.60. The number of hydrogen-bond donors (Lipinski definition) is 2. The maximum absolute atomic E-state index is 13.3. The fraction of sp³-hybridized carbons (Fsp3) is 0.308. The molecule has 1 aromatic rings. The first-order valence-corrected chi connectivity index (χ1v) is 5.63. The summed E-state index contributed by atoms with van der Waals surface area (Å²) in [4.78, 5) is 13.3. The van der Waals surface area contributed by atoms with Crippen LogP contribution in [0.1, 0.15) is 5.56 Å². The minimum atomic E-state index is -0.391. The zero-order valence-corrected chi connectivity index (χ0v) is 10.3. The van der Waals surface area contributed by atoms with E-state index in [1.807, 2.05) is 0 Å². The molecule has 0 fully saturated rings. The number of nitrogens with zero attached hydrogens (tertiary/aromatic N) is 1. The molecule has 0 aliphatic rings. The van der Waals surface area contributed by atoms with Crippen LogP contribution in [-0.2, 0) is 0 Å². The van der Waals surface area contributed by atoms with Gasteiger partial charge in [-0.15, -0.1) is 6.58 Å². The van der Waals surface area contributed by atoms with E-state index in [1.165, 1.54) is 17.0 Å². The van der Waals surface area contributed by atoms with E-state index in [4.69, 9.17) is 5.11 Å². The number of rotatable bonds is 5. The molecule has 0 radical (unpaired) electrons. The Kier molecular flexibility index (Phi) is 5.32. The van der Waals surface area contributed by atoms with Crippen molar-refractivity contribution in [3.8, 4) is 0 Å². The quantitative estimate of drug-likeness (QED) is 0.789. The highest BCUT2D eigenvalue weighted by Crippen LogP contribution is 2.17. The maximum Gasteiger partial charge on any atom is 0.322 e. The Bertz CT molecular complexity index is 435. The van der Waals surface area contributed by atoms with Crippen molar-refractivity contribution >= 4 is 11.7 Å². The number of hydrogen-bond acceptors (Lipinski definition) is 2. The SMILES string of the molecule is C=CCN(CCO)C(=O)Nc1cccc(F)c1C. The third-order valence-electron chi connectivity index (χ3n) is 2.52. The second kappa shape index (κ2) is 6.76. The topological polar surface area (TPSA) is 52.6 Å². The van der Waals surface area contributed by atoms with Crippen LogP contribution in [0.4, 0.5) is 14.9 Å². The summed E-state index contributed by atoms with van der Waals surface area (Å²) in [5, 5.41) is 11.5. The van der Waals surface area contributed by atoms with Gasteiger partial charge in [0.25, 0.3) is 0 Å². The first kappa shape index (κ1) is 14.2. The van der Waals surface area contributed by atoms with Gasteiger partial charge in [0.1, 0.15) is 5.82 Å². The van der Waals surface area contributed by atoms with Gasteiger partial charge in [-0.3, -0.25) is 0 Å². The van der Waals surface area contributed by atoms with Crippen LogP contribution < -0.4 is 5.32 Å². The van der Waals surface area contributed by atoms with E-state index < -0.39 is 6.03 Å². The van der Waals surface area contributed by atoms with Gasteiger partial charge in [0.2, 0.25) is 0 Å². The molecule has 0 aromatic heterocycles. The van der Waals surface area contributed by atoms with Crippen molar-refractivity contribution in [3.63, 3.8) is 0 Å². The highest BCUT2D eigenvalue weighted by molar-refractivity contribution is 5.90. The van der Waals surface area contributed by atoms with Crippen molar-refractivity contribution in [3.05, 3.63) is 42.2 Å². The molecule has 0 atom stereocenters. The fourth-order valence-corrected chi connectivity index (χ4v) is 1.49. The largest absolute Gasteiger partial charge is 0.395 e. The van der Waals surface area contributed by atoms with E-state index in [0.717, 1.165) is 0 Å². The Morgan fingerprint density at radius 1 is 1.61 bits per heavy atom. The van der Waals surface area contributed by atoms with Crippen molar-refractivity contribution < 1.29 is 14.3 Å². The number of nitrogens with one attached hydrogen (secondary N) is 1. The molecular formula is C13H17FN2O2. The fourth-order valence-electron chi connectivity index (χ4n) is 1.49. The van der Waals surface area contributed by atoms with E-state index in [1.54, 1.807) is 19.1 Å². The smallest absolute Gasteiger partial charge is 0.322 e. The molecule has 18 heavy (non-hydrogen) atoms. The van der Waals surface area contributed by atoms with Crippen LogP contribution in [-0.4, -0.2) is 35.7 Å². The summed E-state index contributed by atoms with van der Waals surface area (Å²) >= 11 is 0. The minimum Gasteiger partial charge on any atom is -0.395 e. The molecule has 4 nitrogen and oxygen atoms in total. The van der Waals surface area contributed by atoms with Crippen molar-refractivity contribution in [2.24, 2.45) is 0 Å². The average Bonchev–Trinajstić information content (AvgIpc) is 2.34. The van der Waals surface area contributed by atoms with Crippen LogP contribution in [0.2, 0.25) is 0 Å². The second-order valence-corrected chi connectivity index (χ2v) is 3.80. The number of carbonyl (C=O) groups is 1. The molecule has 0 spiro atoms. The van der Waals surface area contributed by atoms with Gasteiger partial charge < -0.3 is 15.3 Å². The van der Waals surface area contributed by atoms with Crippen LogP contribution in [0.15, 0.2) is 30.9 Å². The van der Waals surface area contributed by atoms with Gasteiger partial charge in [-0.2, -0.15) is 0 Å². The van der Waals surface area contributed by atoms with E-state index in [2.05, 4.69) is 11.9 Å². The van der Waals surface area contributed by atoms with Crippen LogP contribution >= 0.6 is 0 Å². The van der Waals surface area contributed by atoms with Crippen molar-refractivity contribution in [2.45, 2.75) is 6.92 Å². The Balaban J connectivity index is 2.78. The average molecular weight is 252 g/mol. The van der Waals surface area contributed by atoms with Gasteiger partial charge in [-0.25, -0.2) is 9.18 Å². The Morgan fingerprint density at radius 2 is 2.33 bits per heavy atom. The minimum absolute atomic E-state index is 0.136. The van der Waals surface area contributed by atoms with Gasteiger partial charge in [0.15, 0.2) is 0 Å². The molecule has 0 heterocycles. The van der Waals surface area contributed by atoms with E-state index in [-0.39, 0.29) is 19.0 Å². The zero-order chi connectivity index (χ0) is 13.5. The number of carbonyl (C=O) groups excluding carboxylic acids is 1. The second-order valence-electron chi connectivity index (χ2n) is 3.80. The van der Waals surface area contributed by atoms with Crippen LogP contribution in [0, 0.1) is 12.7 Å². The Hall–Kier alpha value is -1.88. The molecule has 0 aliphatic carbocycles. The van der Waals surface area contributed by atoms with Crippen molar-refractivity contribution in [1.29, 1.82) is 0 Å². The normalized spacial score (nSPS) is 9.94. The number of amides is 2.